The summed E-state index contributed by atoms with van der Waals surface area (Å²) in [5, 5.41) is 9.92. The number of rotatable bonds is 2. The first kappa shape index (κ1) is 19.9. The summed E-state index contributed by atoms with van der Waals surface area (Å²) in [5.74, 6) is -0.604. The molecule has 10 heteroatoms. The van der Waals surface area contributed by atoms with Gasteiger partial charge in [0.2, 0.25) is 0 Å². The van der Waals surface area contributed by atoms with Crippen LogP contribution in [-0.2, 0) is 6.54 Å². The number of pyridine rings is 1. The van der Waals surface area contributed by atoms with E-state index in [-0.39, 0.29) is 23.8 Å². The molecule has 3 amide bonds. The number of nitrogens with one attached hydrogen (secondary N) is 2. The molecule has 0 spiro atoms. The molecule has 0 aliphatic carbocycles. The zero-order valence-electron chi connectivity index (χ0n) is 17.6. The van der Waals surface area contributed by atoms with E-state index in [1.165, 1.54) is 18.6 Å². The van der Waals surface area contributed by atoms with E-state index < -0.39 is 11.7 Å². The van der Waals surface area contributed by atoms with Crippen LogP contribution in [0.15, 0.2) is 18.3 Å². The van der Waals surface area contributed by atoms with Crippen molar-refractivity contribution in [2.75, 3.05) is 25.0 Å². The maximum Gasteiger partial charge on any atom is 0.321 e. The largest absolute Gasteiger partial charge is 0.321 e. The molecule has 1 unspecified atom stereocenters. The second-order valence-electron chi connectivity index (χ2n) is 8.66. The molecule has 31 heavy (non-hydrogen) atoms. The minimum Gasteiger partial charge on any atom is -0.319 e. The Morgan fingerprint density at radius 1 is 1.23 bits per heavy atom. The molecule has 3 aliphatic rings. The smallest absolute Gasteiger partial charge is 0.319 e. The van der Waals surface area contributed by atoms with Crippen LogP contribution in [0.5, 0.6) is 0 Å². The van der Waals surface area contributed by atoms with Gasteiger partial charge < -0.3 is 15.1 Å². The Morgan fingerprint density at radius 2 is 2.06 bits per heavy atom. The summed E-state index contributed by atoms with van der Waals surface area (Å²) in [7, 11) is 0. The number of aromatic amines is 1. The van der Waals surface area contributed by atoms with Gasteiger partial charge >= 0.3 is 6.03 Å². The zero-order chi connectivity index (χ0) is 21.7. The molecule has 9 nitrogen and oxygen atoms in total. The number of urea groups is 1. The molecule has 2 aromatic heterocycles. The van der Waals surface area contributed by atoms with E-state index in [9.17, 15) is 14.0 Å². The Labute approximate surface area is 179 Å². The van der Waals surface area contributed by atoms with Gasteiger partial charge in [0.15, 0.2) is 5.82 Å². The number of aromatic nitrogens is 3. The molecular weight excluding hydrogens is 401 g/mol. The third-order valence-corrected chi connectivity index (χ3v) is 6.73. The quantitative estimate of drug-likeness (QED) is 0.767. The summed E-state index contributed by atoms with van der Waals surface area (Å²) in [5.41, 5.74) is 1.71. The van der Waals surface area contributed by atoms with Gasteiger partial charge in [0.25, 0.3) is 5.91 Å². The van der Waals surface area contributed by atoms with Gasteiger partial charge in [-0.05, 0) is 45.4 Å². The molecule has 0 saturated carbocycles. The molecule has 2 N–H and O–H groups in total. The van der Waals surface area contributed by atoms with Gasteiger partial charge in [0, 0.05) is 30.7 Å². The van der Waals surface area contributed by atoms with Crippen LogP contribution >= 0.6 is 0 Å². The fraction of sp³-hybridized carbons (Fsp3) is 0.524. The van der Waals surface area contributed by atoms with Crippen LogP contribution in [0.1, 0.15) is 54.5 Å². The lowest BCUT2D eigenvalue weighted by molar-refractivity contribution is 0.0580. The number of fused-ring (bicyclic) bond motifs is 2. The highest BCUT2D eigenvalue weighted by molar-refractivity contribution is 6.02. The van der Waals surface area contributed by atoms with Crippen molar-refractivity contribution in [3.05, 3.63) is 41.1 Å². The number of carbonyl (C=O) groups excluding carboxylic acids is 2. The van der Waals surface area contributed by atoms with E-state index in [0.717, 1.165) is 43.5 Å². The Morgan fingerprint density at radius 3 is 2.84 bits per heavy atom. The molecule has 0 aromatic carbocycles. The van der Waals surface area contributed by atoms with Gasteiger partial charge in [-0.15, -0.1) is 0 Å². The monoisotopic (exact) mass is 427 g/mol. The number of piperazine rings is 1. The highest BCUT2D eigenvalue weighted by Gasteiger charge is 2.42. The third-order valence-electron chi connectivity index (χ3n) is 6.73. The van der Waals surface area contributed by atoms with Crippen LogP contribution < -0.4 is 5.32 Å². The normalized spacial score (nSPS) is 25.5. The van der Waals surface area contributed by atoms with Crippen molar-refractivity contribution in [3.63, 3.8) is 0 Å². The summed E-state index contributed by atoms with van der Waals surface area (Å²) in [6, 6.07) is 2.97. The van der Waals surface area contributed by atoms with Gasteiger partial charge in [0.1, 0.15) is 11.5 Å². The number of amides is 3. The van der Waals surface area contributed by atoms with Gasteiger partial charge in [-0.3, -0.25) is 14.8 Å². The van der Waals surface area contributed by atoms with E-state index in [1.54, 1.807) is 0 Å². The fourth-order valence-electron chi connectivity index (χ4n) is 4.98. The lowest BCUT2D eigenvalue weighted by Crippen LogP contribution is -2.59. The average molecular weight is 427 g/mol. The summed E-state index contributed by atoms with van der Waals surface area (Å²) >= 11 is 0. The molecular formula is C21H26FN7O2. The van der Waals surface area contributed by atoms with Gasteiger partial charge in [-0.2, -0.15) is 5.10 Å². The summed E-state index contributed by atoms with van der Waals surface area (Å²) in [6.45, 7) is 7.24. The number of nitrogens with zero attached hydrogens (tertiary/aromatic N) is 5. The Balaban J connectivity index is 1.30. The van der Waals surface area contributed by atoms with Crippen molar-refractivity contribution >= 4 is 17.8 Å². The molecule has 2 fully saturated rings. The Kier molecular flexibility index (Phi) is 4.88. The Bertz CT molecular complexity index is 1010. The molecule has 2 saturated heterocycles. The van der Waals surface area contributed by atoms with E-state index in [4.69, 9.17) is 0 Å². The van der Waals surface area contributed by atoms with Crippen LogP contribution in [0.25, 0.3) is 0 Å². The van der Waals surface area contributed by atoms with E-state index in [2.05, 4.69) is 32.3 Å². The number of H-pyrrole nitrogens is 1. The molecule has 3 aliphatic heterocycles. The number of anilines is 1. The van der Waals surface area contributed by atoms with Crippen molar-refractivity contribution < 1.29 is 14.0 Å². The van der Waals surface area contributed by atoms with Crippen LogP contribution in [0, 0.1) is 5.82 Å². The zero-order valence-corrected chi connectivity index (χ0v) is 17.6. The van der Waals surface area contributed by atoms with E-state index in [0.29, 0.717) is 18.4 Å². The first-order chi connectivity index (χ1) is 14.9. The Hall–Kier alpha value is -3.01. The highest BCUT2D eigenvalue weighted by Crippen LogP contribution is 2.37. The van der Waals surface area contributed by atoms with Crippen molar-refractivity contribution in [1.29, 1.82) is 0 Å². The third kappa shape index (κ3) is 3.44. The van der Waals surface area contributed by atoms with Crippen molar-refractivity contribution in [1.82, 2.24) is 29.9 Å². The van der Waals surface area contributed by atoms with E-state index >= 15 is 0 Å². The first-order valence-corrected chi connectivity index (χ1v) is 10.7. The summed E-state index contributed by atoms with van der Waals surface area (Å²) in [4.78, 5) is 36.0. The first-order valence-electron chi connectivity index (χ1n) is 10.7. The van der Waals surface area contributed by atoms with Crippen molar-refractivity contribution in [2.24, 2.45) is 0 Å². The second-order valence-corrected chi connectivity index (χ2v) is 8.66. The molecule has 5 heterocycles. The maximum atomic E-state index is 13.4. The van der Waals surface area contributed by atoms with Gasteiger partial charge in [0.05, 0.1) is 24.5 Å². The minimum absolute atomic E-state index is 0.0219. The lowest BCUT2D eigenvalue weighted by atomic mass is 10.1. The fourth-order valence-corrected chi connectivity index (χ4v) is 4.98. The predicted octanol–water partition coefficient (Wildman–Crippen LogP) is 2.36. The number of halogens is 1. The standard InChI is InChI=1S/C21H26FN7O2/c1-12-9-27-7-3-4-15(27)10-28(12)21(31)29-11-16-18(13(29)2)25-26-19(16)24-20(30)17-6-5-14(22)8-23-17/h5-6,8,12-13,15H,3-4,7,9-11H2,1-2H3,(H2,24,25,26,30)/t12-,13?,15-/m0/s1. The predicted molar refractivity (Wildman–Crippen MR) is 111 cm³/mol. The minimum atomic E-state index is -0.507. The molecule has 0 bridgehead atoms. The van der Waals surface area contributed by atoms with Crippen LogP contribution in [0.4, 0.5) is 15.0 Å². The van der Waals surface area contributed by atoms with Crippen molar-refractivity contribution in [3.8, 4) is 0 Å². The van der Waals surface area contributed by atoms with Crippen LogP contribution in [0.2, 0.25) is 0 Å². The average Bonchev–Trinajstić information content (AvgIpc) is 3.44. The van der Waals surface area contributed by atoms with E-state index in [1.807, 2.05) is 16.7 Å². The lowest BCUT2D eigenvalue weighted by Gasteiger charge is -2.44. The number of carbonyl (C=O) groups is 2. The molecule has 0 radical (unpaired) electrons. The van der Waals surface area contributed by atoms with Crippen molar-refractivity contribution in [2.45, 2.75) is 51.4 Å². The highest BCUT2D eigenvalue weighted by atomic mass is 19.1. The van der Waals surface area contributed by atoms with Crippen LogP contribution in [-0.4, -0.2) is 73.5 Å². The maximum absolute atomic E-state index is 13.4. The van der Waals surface area contributed by atoms with Gasteiger partial charge in [-0.25, -0.2) is 14.2 Å². The summed E-state index contributed by atoms with van der Waals surface area (Å²) < 4.78 is 13.1. The number of hydrogen-bond donors (Lipinski definition) is 2. The molecule has 5 rings (SSSR count). The number of hydrogen-bond acceptors (Lipinski definition) is 5. The van der Waals surface area contributed by atoms with Crippen LogP contribution in [0.3, 0.4) is 0 Å². The second kappa shape index (κ2) is 7.60. The molecule has 2 aromatic rings. The topological polar surface area (TPSA) is 97.5 Å². The summed E-state index contributed by atoms with van der Waals surface area (Å²) in [6.07, 6.45) is 3.34. The SMILES string of the molecule is CC1c2[nH]nc(NC(=O)c3ccc(F)cn3)c2CN1C(=O)N1C[C@@H]2CCCN2C[C@@H]1C. The molecule has 3 atom stereocenters. The molecule has 164 valence electrons. The van der Waals surface area contributed by atoms with Gasteiger partial charge in [-0.1, -0.05) is 0 Å².